The number of carbonyl (C=O) groups excluding carboxylic acids is 1. The molecule has 112 valence electrons. The van der Waals surface area contributed by atoms with Crippen LogP contribution in [-0.2, 0) is 4.74 Å². The standard InChI is InChI=1S/C16H26N2O2/c1-12(2)18-15-9-6-5-8-14(15)16(19)17-10-7-11-20-13(3)4/h5-6,8-9,12-13,18H,7,10-11H2,1-4H3,(H,17,19). The Morgan fingerprint density at radius 3 is 2.55 bits per heavy atom. The van der Waals surface area contributed by atoms with Crippen molar-refractivity contribution in [2.45, 2.75) is 46.3 Å². The van der Waals surface area contributed by atoms with E-state index in [9.17, 15) is 4.79 Å². The average molecular weight is 278 g/mol. The van der Waals surface area contributed by atoms with E-state index in [2.05, 4.69) is 24.5 Å². The molecule has 0 unspecified atom stereocenters. The molecular formula is C16H26N2O2. The molecule has 0 saturated heterocycles. The molecule has 0 fully saturated rings. The van der Waals surface area contributed by atoms with Crippen molar-refractivity contribution in [3.8, 4) is 0 Å². The van der Waals surface area contributed by atoms with Crippen LogP contribution in [0.5, 0.6) is 0 Å². The van der Waals surface area contributed by atoms with E-state index in [-0.39, 0.29) is 12.0 Å². The molecule has 0 radical (unpaired) electrons. The van der Waals surface area contributed by atoms with E-state index < -0.39 is 0 Å². The van der Waals surface area contributed by atoms with E-state index in [1.807, 2.05) is 38.1 Å². The van der Waals surface area contributed by atoms with E-state index in [0.29, 0.717) is 24.8 Å². The fourth-order valence-corrected chi connectivity index (χ4v) is 1.81. The zero-order valence-electron chi connectivity index (χ0n) is 12.9. The first-order valence-corrected chi connectivity index (χ1v) is 7.26. The molecule has 0 spiro atoms. The first-order chi connectivity index (χ1) is 9.50. The van der Waals surface area contributed by atoms with E-state index in [1.54, 1.807) is 0 Å². The van der Waals surface area contributed by atoms with Gasteiger partial charge >= 0.3 is 0 Å². The maximum atomic E-state index is 12.2. The number of amides is 1. The van der Waals surface area contributed by atoms with Crippen molar-refractivity contribution < 1.29 is 9.53 Å². The monoisotopic (exact) mass is 278 g/mol. The van der Waals surface area contributed by atoms with Gasteiger partial charge in [0.2, 0.25) is 0 Å². The Hall–Kier alpha value is -1.55. The van der Waals surface area contributed by atoms with Gasteiger partial charge in [0.25, 0.3) is 5.91 Å². The summed E-state index contributed by atoms with van der Waals surface area (Å²) >= 11 is 0. The van der Waals surface area contributed by atoms with Crippen LogP contribution in [0.25, 0.3) is 0 Å². The summed E-state index contributed by atoms with van der Waals surface area (Å²) in [6, 6.07) is 7.87. The zero-order chi connectivity index (χ0) is 15.0. The van der Waals surface area contributed by atoms with Gasteiger partial charge in [0.05, 0.1) is 11.7 Å². The lowest BCUT2D eigenvalue weighted by Crippen LogP contribution is -2.27. The number of para-hydroxylation sites is 1. The van der Waals surface area contributed by atoms with Gasteiger partial charge in [0.15, 0.2) is 0 Å². The van der Waals surface area contributed by atoms with E-state index in [0.717, 1.165) is 12.1 Å². The topological polar surface area (TPSA) is 50.4 Å². The number of hydrogen-bond acceptors (Lipinski definition) is 3. The quantitative estimate of drug-likeness (QED) is 0.719. The summed E-state index contributed by atoms with van der Waals surface area (Å²) < 4.78 is 5.44. The number of anilines is 1. The largest absolute Gasteiger partial charge is 0.382 e. The Labute approximate surface area is 121 Å². The Bertz CT molecular complexity index is 417. The first kappa shape index (κ1) is 16.5. The van der Waals surface area contributed by atoms with E-state index in [1.165, 1.54) is 0 Å². The molecule has 2 N–H and O–H groups in total. The summed E-state index contributed by atoms with van der Waals surface area (Å²) in [6.07, 6.45) is 1.06. The smallest absolute Gasteiger partial charge is 0.253 e. The number of carbonyl (C=O) groups is 1. The lowest BCUT2D eigenvalue weighted by molar-refractivity contribution is 0.0757. The van der Waals surface area contributed by atoms with Crippen LogP contribution in [0.1, 0.15) is 44.5 Å². The Kier molecular flexibility index (Phi) is 7.09. The normalized spacial score (nSPS) is 10.9. The molecular weight excluding hydrogens is 252 g/mol. The van der Waals surface area contributed by atoms with Crippen LogP contribution < -0.4 is 10.6 Å². The zero-order valence-corrected chi connectivity index (χ0v) is 12.9. The van der Waals surface area contributed by atoms with Crippen molar-refractivity contribution in [2.75, 3.05) is 18.5 Å². The van der Waals surface area contributed by atoms with Crippen LogP contribution in [0.3, 0.4) is 0 Å². The highest BCUT2D eigenvalue weighted by Gasteiger charge is 2.10. The summed E-state index contributed by atoms with van der Waals surface area (Å²) in [4.78, 5) is 12.2. The molecule has 0 aliphatic rings. The predicted octanol–water partition coefficient (Wildman–Crippen LogP) is 3.05. The minimum absolute atomic E-state index is 0.0432. The third-order valence-electron chi connectivity index (χ3n) is 2.67. The third kappa shape index (κ3) is 6.06. The molecule has 0 aliphatic carbocycles. The molecule has 1 rings (SSSR count). The highest BCUT2D eigenvalue weighted by atomic mass is 16.5. The van der Waals surface area contributed by atoms with Crippen LogP contribution in [0.2, 0.25) is 0 Å². The number of rotatable bonds is 8. The van der Waals surface area contributed by atoms with Crippen molar-refractivity contribution >= 4 is 11.6 Å². The van der Waals surface area contributed by atoms with Crippen molar-refractivity contribution in [3.05, 3.63) is 29.8 Å². The third-order valence-corrected chi connectivity index (χ3v) is 2.67. The number of benzene rings is 1. The van der Waals surface area contributed by atoms with Gasteiger partial charge in [-0.3, -0.25) is 4.79 Å². The Morgan fingerprint density at radius 1 is 1.20 bits per heavy atom. The number of hydrogen-bond donors (Lipinski definition) is 2. The minimum atomic E-state index is -0.0432. The van der Waals surface area contributed by atoms with Gasteiger partial charge in [-0.15, -0.1) is 0 Å². The Balaban J connectivity index is 2.47. The fraction of sp³-hybridized carbons (Fsp3) is 0.562. The molecule has 0 saturated carbocycles. The molecule has 0 aliphatic heterocycles. The molecule has 4 heteroatoms. The first-order valence-electron chi connectivity index (χ1n) is 7.26. The molecule has 0 aromatic heterocycles. The lowest BCUT2D eigenvalue weighted by Gasteiger charge is -2.14. The number of ether oxygens (including phenoxy) is 1. The molecule has 20 heavy (non-hydrogen) atoms. The second-order valence-corrected chi connectivity index (χ2v) is 5.37. The molecule has 0 atom stereocenters. The molecule has 1 aromatic carbocycles. The summed E-state index contributed by atoms with van der Waals surface area (Å²) in [5.41, 5.74) is 1.56. The maximum absolute atomic E-state index is 12.2. The van der Waals surface area contributed by atoms with E-state index >= 15 is 0 Å². The second-order valence-electron chi connectivity index (χ2n) is 5.37. The highest BCUT2D eigenvalue weighted by Crippen LogP contribution is 2.15. The van der Waals surface area contributed by atoms with Crippen molar-refractivity contribution in [1.82, 2.24) is 5.32 Å². The second kappa shape index (κ2) is 8.59. The van der Waals surface area contributed by atoms with Gasteiger partial charge in [-0.1, -0.05) is 12.1 Å². The van der Waals surface area contributed by atoms with Crippen molar-refractivity contribution in [1.29, 1.82) is 0 Å². The van der Waals surface area contributed by atoms with Crippen molar-refractivity contribution in [3.63, 3.8) is 0 Å². The van der Waals surface area contributed by atoms with Crippen LogP contribution in [-0.4, -0.2) is 31.2 Å². The van der Waals surface area contributed by atoms with Gasteiger partial charge in [-0.25, -0.2) is 0 Å². The summed E-state index contributed by atoms with van der Waals surface area (Å²) in [5, 5.41) is 6.21. The van der Waals surface area contributed by atoms with Gasteiger partial charge in [0, 0.05) is 24.9 Å². The maximum Gasteiger partial charge on any atom is 0.253 e. The molecule has 0 bridgehead atoms. The van der Waals surface area contributed by atoms with Gasteiger partial charge in [-0.2, -0.15) is 0 Å². The van der Waals surface area contributed by atoms with E-state index in [4.69, 9.17) is 4.74 Å². The summed E-state index contributed by atoms with van der Waals surface area (Å²) in [5.74, 6) is -0.0432. The van der Waals surface area contributed by atoms with Gasteiger partial charge in [-0.05, 0) is 46.2 Å². The average Bonchev–Trinajstić information content (AvgIpc) is 2.37. The SMILES string of the molecule is CC(C)Nc1ccccc1C(=O)NCCCOC(C)C. The van der Waals surface area contributed by atoms with Crippen molar-refractivity contribution in [2.24, 2.45) is 0 Å². The lowest BCUT2D eigenvalue weighted by atomic mass is 10.1. The molecule has 1 aromatic rings. The highest BCUT2D eigenvalue weighted by molar-refractivity contribution is 5.99. The van der Waals surface area contributed by atoms with Crippen LogP contribution in [0, 0.1) is 0 Å². The van der Waals surface area contributed by atoms with Crippen LogP contribution in [0.15, 0.2) is 24.3 Å². The van der Waals surface area contributed by atoms with Crippen LogP contribution >= 0.6 is 0 Å². The molecule has 0 heterocycles. The van der Waals surface area contributed by atoms with Crippen LogP contribution in [0.4, 0.5) is 5.69 Å². The summed E-state index contributed by atoms with van der Waals surface area (Å²) in [6.45, 7) is 9.42. The molecule has 1 amide bonds. The summed E-state index contributed by atoms with van der Waals surface area (Å²) in [7, 11) is 0. The number of nitrogens with one attached hydrogen (secondary N) is 2. The molecule has 4 nitrogen and oxygen atoms in total. The Morgan fingerprint density at radius 2 is 1.90 bits per heavy atom. The predicted molar refractivity (Wildman–Crippen MR) is 83.2 cm³/mol. The van der Waals surface area contributed by atoms with Gasteiger partial charge < -0.3 is 15.4 Å². The minimum Gasteiger partial charge on any atom is -0.382 e. The van der Waals surface area contributed by atoms with Gasteiger partial charge in [0.1, 0.15) is 0 Å². The fourth-order valence-electron chi connectivity index (χ4n) is 1.81.